The third-order valence-electron chi connectivity index (χ3n) is 3.45. The lowest BCUT2D eigenvalue weighted by molar-refractivity contribution is 0.00392. The van der Waals surface area contributed by atoms with Crippen LogP contribution in [0.1, 0.15) is 30.6 Å². The normalized spacial score (nSPS) is 17.0. The minimum Gasteiger partial charge on any atom is -0.450 e. The number of carboxylic acid groups (broad SMARTS) is 1. The standard InChI is InChI=1S/C13H13ClN4O4/c14-8-3-2-6-15-9(8)7-17-12(19)18-10(16-17)4-1-5-11(18)22-13(20)21/h2-3,6,11H,1,4-5,7H2,(H,20,21)/t11-/m0/s1. The molecular weight excluding hydrogens is 312 g/mol. The molecule has 0 saturated carbocycles. The van der Waals surface area contributed by atoms with Crippen molar-refractivity contribution in [1.82, 2.24) is 19.3 Å². The van der Waals surface area contributed by atoms with E-state index in [1.807, 2.05) is 0 Å². The molecule has 0 radical (unpaired) electrons. The topological polar surface area (TPSA) is 99.2 Å². The molecule has 2 aromatic heterocycles. The van der Waals surface area contributed by atoms with Gasteiger partial charge in [0.05, 0.1) is 17.3 Å². The molecule has 0 aromatic carbocycles. The third-order valence-corrected chi connectivity index (χ3v) is 3.80. The molecule has 0 spiro atoms. The van der Waals surface area contributed by atoms with Crippen LogP contribution in [0.15, 0.2) is 23.1 Å². The van der Waals surface area contributed by atoms with Crippen LogP contribution in [0.3, 0.4) is 0 Å². The van der Waals surface area contributed by atoms with Gasteiger partial charge in [0.15, 0.2) is 6.23 Å². The lowest BCUT2D eigenvalue weighted by atomic mass is 10.1. The van der Waals surface area contributed by atoms with Gasteiger partial charge in [0, 0.05) is 19.0 Å². The molecule has 0 fully saturated rings. The van der Waals surface area contributed by atoms with Gasteiger partial charge in [-0.05, 0) is 18.6 Å². The Balaban J connectivity index is 1.95. The molecule has 0 amide bonds. The monoisotopic (exact) mass is 324 g/mol. The number of carbonyl (C=O) groups is 1. The maximum absolute atomic E-state index is 12.4. The highest BCUT2D eigenvalue weighted by molar-refractivity contribution is 6.31. The number of hydrogen-bond donors (Lipinski definition) is 1. The number of aryl methyl sites for hydroxylation is 1. The summed E-state index contributed by atoms with van der Waals surface area (Å²) in [5.41, 5.74) is 0.0973. The van der Waals surface area contributed by atoms with Crippen molar-refractivity contribution in [1.29, 1.82) is 0 Å². The zero-order chi connectivity index (χ0) is 15.7. The molecule has 2 aromatic rings. The highest BCUT2D eigenvalue weighted by Gasteiger charge is 2.28. The summed E-state index contributed by atoms with van der Waals surface area (Å²) in [6.07, 6.45) is 1.09. The van der Waals surface area contributed by atoms with Gasteiger partial charge in [-0.1, -0.05) is 11.6 Å². The summed E-state index contributed by atoms with van der Waals surface area (Å²) in [7, 11) is 0. The third kappa shape index (κ3) is 2.69. The van der Waals surface area contributed by atoms with Crippen molar-refractivity contribution in [3.8, 4) is 0 Å². The maximum atomic E-state index is 12.4. The number of pyridine rings is 1. The van der Waals surface area contributed by atoms with E-state index in [1.54, 1.807) is 18.3 Å². The fourth-order valence-electron chi connectivity index (χ4n) is 2.50. The second-order valence-electron chi connectivity index (χ2n) is 4.89. The molecule has 3 rings (SSSR count). The van der Waals surface area contributed by atoms with Crippen LogP contribution in [-0.4, -0.2) is 30.6 Å². The molecule has 1 aliphatic rings. The number of nitrogens with zero attached hydrogens (tertiary/aromatic N) is 4. The van der Waals surface area contributed by atoms with Crippen LogP contribution in [0.5, 0.6) is 0 Å². The van der Waals surface area contributed by atoms with Crippen LogP contribution in [0.2, 0.25) is 5.02 Å². The Kier molecular flexibility index (Phi) is 3.84. The predicted octanol–water partition coefficient (Wildman–Crippen LogP) is 1.67. The Bertz CT molecular complexity index is 770. The zero-order valence-corrected chi connectivity index (χ0v) is 12.2. The summed E-state index contributed by atoms with van der Waals surface area (Å²) < 4.78 is 7.29. The van der Waals surface area contributed by atoms with Gasteiger partial charge in [-0.3, -0.25) is 4.98 Å². The summed E-state index contributed by atoms with van der Waals surface area (Å²) in [6, 6.07) is 3.38. The Hall–Kier alpha value is -2.35. The Morgan fingerprint density at radius 2 is 2.36 bits per heavy atom. The van der Waals surface area contributed by atoms with E-state index >= 15 is 0 Å². The molecular formula is C13H13ClN4O4. The molecule has 0 aliphatic carbocycles. The van der Waals surface area contributed by atoms with Crippen molar-refractivity contribution in [2.45, 2.75) is 32.0 Å². The van der Waals surface area contributed by atoms with Crippen molar-refractivity contribution in [2.75, 3.05) is 0 Å². The van der Waals surface area contributed by atoms with E-state index in [2.05, 4.69) is 10.1 Å². The molecule has 3 heterocycles. The molecule has 8 nitrogen and oxygen atoms in total. The number of rotatable bonds is 3. The van der Waals surface area contributed by atoms with Gasteiger partial charge >= 0.3 is 11.8 Å². The lowest BCUT2D eigenvalue weighted by Gasteiger charge is -2.21. The van der Waals surface area contributed by atoms with Gasteiger partial charge in [-0.15, -0.1) is 0 Å². The molecule has 0 bridgehead atoms. The van der Waals surface area contributed by atoms with E-state index in [1.165, 1.54) is 9.25 Å². The van der Waals surface area contributed by atoms with Crippen molar-refractivity contribution in [3.05, 3.63) is 45.4 Å². The van der Waals surface area contributed by atoms with Crippen molar-refractivity contribution < 1.29 is 14.6 Å². The second kappa shape index (κ2) is 5.80. The first-order valence-electron chi connectivity index (χ1n) is 6.73. The maximum Gasteiger partial charge on any atom is 0.507 e. The molecule has 116 valence electrons. The van der Waals surface area contributed by atoms with E-state index in [-0.39, 0.29) is 6.54 Å². The van der Waals surface area contributed by atoms with Gasteiger partial charge in [0.25, 0.3) is 0 Å². The highest BCUT2D eigenvalue weighted by Crippen LogP contribution is 2.23. The lowest BCUT2D eigenvalue weighted by Crippen LogP contribution is -2.33. The number of halogens is 1. The van der Waals surface area contributed by atoms with Crippen LogP contribution in [0.25, 0.3) is 0 Å². The average molecular weight is 325 g/mol. The van der Waals surface area contributed by atoms with Gasteiger partial charge in [0.2, 0.25) is 0 Å². The zero-order valence-electron chi connectivity index (χ0n) is 11.5. The molecule has 9 heteroatoms. The first kappa shape index (κ1) is 14.6. The van der Waals surface area contributed by atoms with Gasteiger partial charge in [-0.25, -0.2) is 18.8 Å². The summed E-state index contributed by atoms with van der Waals surface area (Å²) in [5.74, 6) is 0.509. The van der Waals surface area contributed by atoms with Crippen LogP contribution in [-0.2, 0) is 17.7 Å². The SMILES string of the molecule is O=C(O)O[C@H]1CCCc2nn(Cc3ncccc3Cl)c(=O)n21. The molecule has 22 heavy (non-hydrogen) atoms. The quantitative estimate of drug-likeness (QED) is 0.862. The van der Waals surface area contributed by atoms with Crippen molar-refractivity contribution in [2.24, 2.45) is 0 Å². The van der Waals surface area contributed by atoms with Crippen LogP contribution < -0.4 is 5.69 Å². The predicted molar refractivity (Wildman–Crippen MR) is 75.9 cm³/mol. The molecule has 1 N–H and O–H groups in total. The van der Waals surface area contributed by atoms with Gasteiger partial charge < -0.3 is 9.84 Å². The number of aromatic nitrogens is 4. The fraction of sp³-hybridized carbons (Fsp3) is 0.385. The summed E-state index contributed by atoms with van der Waals surface area (Å²) in [4.78, 5) is 27.3. The fourth-order valence-corrected chi connectivity index (χ4v) is 2.68. The Morgan fingerprint density at radius 1 is 1.55 bits per heavy atom. The summed E-state index contributed by atoms with van der Waals surface area (Å²) in [5, 5.41) is 13.5. The minimum absolute atomic E-state index is 0.123. The Morgan fingerprint density at radius 3 is 3.09 bits per heavy atom. The largest absolute Gasteiger partial charge is 0.507 e. The first-order chi connectivity index (χ1) is 10.6. The number of ether oxygens (including phenoxy) is 1. The number of hydrogen-bond acceptors (Lipinski definition) is 5. The minimum atomic E-state index is -1.41. The molecule has 1 atom stereocenters. The Labute approximate surface area is 129 Å². The molecule has 1 aliphatic heterocycles. The molecule has 0 saturated heterocycles. The van der Waals surface area contributed by atoms with Crippen molar-refractivity contribution >= 4 is 17.8 Å². The second-order valence-corrected chi connectivity index (χ2v) is 5.30. The summed E-state index contributed by atoms with van der Waals surface area (Å²) >= 11 is 6.04. The van der Waals surface area contributed by atoms with E-state index in [0.29, 0.717) is 35.8 Å². The van der Waals surface area contributed by atoms with E-state index in [0.717, 1.165) is 0 Å². The van der Waals surface area contributed by atoms with Crippen LogP contribution in [0.4, 0.5) is 4.79 Å². The van der Waals surface area contributed by atoms with Crippen LogP contribution in [0, 0.1) is 0 Å². The van der Waals surface area contributed by atoms with E-state index in [4.69, 9.17) is 21.4 Å². The van der Waals surface area contributed by atoms with Crippen molar-refractivity contribution in [3.63, 3.8) is 0 Å². The van der Waals surface area contributed by atoms with E-state index in [9.17, 15) is 9.59 Å². The molecule has 0 unspecified atom stereocenters. The van der Waals surface area contributed by atoms with Crippen LogP contribution >= 0.6 is 11.6 Å². The van der Waals surface area contributed by atoms with Gasteiger partial charge in [-0.2, -0.15) is 5.10 Å². The smallest absolute Gasteiger partial charge is 0.450 e. The highest BCUT2D eigenvalue weighted by atomic mass is 35.5. The van der Waals surface area contributed by atoms with Gasteiger partial charge in [0.1, 0.15) is 5.82 Å². The van der Waals surface area contributed by atoms with E-state index < -0.39 is 18.1 Å². The summed E-state index contributed by atoms with van der Waals surface area (Å²) in [6.45, 7) is 0.123. The first-order valence-corrected chi connectivity index (χ1v) is 7.11. The number of fused-ring (bicyclic) bond motifs is 1. The average Bonchev–Trinajstić information content (AvgIpc) is 2.78.